The van der Waals surface area contributed by atoms with Crippen molar-refractivity contribution in [3.05, 3.63) is 0 Å². The molecule has 0 aromatic carbocycles. The Hall–Kier alpha value is 0.170. The van der Waals surface area contributed by atoms with E-state index >= 15 is 0 Å². The Bertz CT molecular complexity index is 171. The molecule has 0 spiro atoms. The van der Waals surface area contributed by atoms with Crippen LogP contribution < -0.4 is 0 Å². The van der Waals surface area contributed by atoms with Gasteiger partial charge in [0.1, 0.15) is 0 Å². The van der Waals surface area contributed by atoms with E-state index in [0.29, 0.717) is 30.9 Å². The van der Waals surface area contributed by atoms with Crippen LogP contribution in [0.2, 0.25) is 0 Å². The van der Waals surface area contributed by atoms with E-state index in [9.17, 15) is 0 Å². The predicted molar refractivity (Wildman–Crippen MR) is 69.0 cm³/mol. The molecule has 98 valence electrons. The SMILES string of the molecule is COCC(CCl)COCC(C)C[N+](C)(C)C. The topological polar surface area (TPSA) is 18.5 Å². The quantitative estimate of drug-likeness (QED) is 0.461. The van der Waals surface area contributed by atoms with E-state index < -0.39 is 0 Å². The van der Waals surface area contributed by atoms with Crippen molar-refractivity contribution in [3.8, 4) is 0 Å². The Morgan fingerprint density at radius 2 is 1.75 bits per heavy atom. The standard InChI is InChI=1S/C12H27ClNO2/c1-11(7-14(2,3)4)8-16-10-12(6-13)9-15-5/h11-12H,6-10H2,1-5H3/q+1. The van der Waals surface area contributed by atoms with Crippen molar-refractivity contribution in [1.82, 2.24) is 0 Å². The first kappa shape index (κ1) is 16.2. The molecule has 0 aliphatic rings. The second-order valence-corrected chi connectivity index (χ2v) is 5.90. The smallest absolute Gasteiger partial charge is 0.0828 e. The number of nitrogens with zero attached hydrogens (tertiary/aromatic N) is 1. The normalized spacial score (nSPS) is 16.1. The van der Waals surface area contributed by atoms with Gasteiger partial charge in [-0.3, -0.25) is 0 Å². The van der Waals surface area contributed by atoms with E-state index in [0.717, 1.165) is 17.6 Å². The molecule has 0 aliphatic carbocycles. The molecule has 16 heavy (non-hydrogen) atoms. The second kappa shape index (κ2) is 8.29. The first-order valence-electron chi connectivity index (χ1n) is 5.82. The van der Waals surface area contributed by atoms with E-state index in [-0.39, 0.29) is 0 Å². The average Bonchev–Trinajstić information content (AvgIpc) is 2.13. The summed E-state index contributed by atoms with van der Waals surface area (Å²) in [5.74, 6) is 1.47. The third kappa shape index (κ3) is 9.40. The van der Waals surface area contributed by atoms with Crippen molar-refractivity contribution in [2.24, 2.45) is 11.8 Å². The van der Waals surface area contributed by atoms with Gasteiger partial charge in [-0.05, 0) is 0 Å². The van der Waals surface area contributed by atoms with E-state index in [2.05, 4.69) is 28.1 Å². The number of hydrogen-bond donors (Lipinski definition) is 0. The van der Waals surface area contributed by atoms with E-state index in [1.165, 1.54) is 0 Å². The molecule has 0 aliphatic heterocycles. The highest BCUT2D eigenvalue weighted by Crippen LogP contribution is 2.06. The molecule has 0 saturated heterocycles. The van der Waals surface area contributed by atoms with E-state index in [1.807, 2.05) is 0 Å². The summed E-state index contributed by atoms with van der Waals surface area (Å²) in [5, 5.41) is 0. The molecular formula is C12H27ClNO2+. The van der Waals surface area contributed by atoms with Gasteiger partial charge in [0.2, 0.25) is 0 Å². The Balaban J connectivity index is 3.63. The molecule has 2 atom stereocenters. The van der Waals surface area contributed by atoms with Crippen molar-refractivity contribution in [1.29, 1.82) is 0 Å². The minimum Gasteiger partial charge on any atom is -0.384 e. The number of alkyl halides is 1. The van der Waals surface area contributed by atoms with Crippen LogP contribution in [0, 0.1) is 11.8 Å². The Morgan fingerprint density at radius 1 is 1.12 bits per heavy atom. The zero-order chi connectivity index (χ0) is 12.6. The van der Waals surface area contributed by atoms with Crippen molar-refractivity contribution in [2.45, 2.75) is 6.92 Å². The lowest BCUT2D eigenvalue weighted by atomic mass is 10.1. The van der Waals surface area contributed by atoms with Crippen LogP contribution in [-0.4, -0.2) is 65.0 Å². The average molecular weight is 253 g/mol. The molecule has 0 fully saturated rings. The lowest BCUT2D eigenvalue weighted by molar-refractivity contribution is -0.873. The highest BCUT2D eigenvalue weighted by molar-refractivity contribution is 6.18. The van der Waals surface area contributed by atoms with Crippen LogP contribution in [-0.2, 0) is 9.47 Å². The third-order valence-corrected chi connectivity index (χ3v) is 2.67. The van der Waals surface area contributed by atoms with Crippen LogP contribution in [0.1, 0.15) is 6.92 Å². The van der Waals surface area contributed by atoms with Gasteiger partial charge in [0.25, 0.3) is 0 Å². The summed E-state index contributed by atoms with van der Waals surface area (Å²) in [4.78, 5) is 0. The lowest BCUT2D eigenvalue weighted by Crippen LogP contribution is -2.39. The fourth-order valence-corrected chi connectivity index (χ4v) is 1.97. The monoisotopic (exact) mass is 252 g/mol. The number of quaternary nitrogens is 1. The highest BCUT2D eigenvalue weighted by atomic mass is 35.5. The summed E-state index contributed by atoms with van der Waals surface area (Å²) in [5.41, 5.74) is 0. The minimum absolute atomic E-state index is 0.308. The van der Waals surface area contributed by atoms with E-state index in [1.54, 1.807) is 7.11 Å². The molecule has 3 nitrogen and oxygen atoms in total. The molecule has 0 saturated carbocycles. The van der Waals surface area contributed by atoms with Crippen LogP contribution in [0.4, 0.5) is 0 Å². The van der Waals surface area contributed by atoms with Gasteiger partial charge in [0, 0.05) is 24.8 Å². The molecule has 0 rings (SSSR count). The first-order valence-corrected chi connectivity index (χ1v) is 6.35. The van der Waals surface area contributed by atoms with Gasteiger partial charge in [0.15, 0.2) is 0 Å². The largest absolute Gasteiger partial charge is 0.384 e. The van der Waals surface area contributed by atoms with Crippen LogP contribution in [0.3, 0.4) is 0 Å². The van der Waals surface area contributed by atoms with Gasteiger partial charge in [-0.2, -0.15) is 0 Å². The van der Waals surface area contributed by atoms with Crippen molar-refractivity contribution >= 4 is 11.6 Å². The molecule has 0 aromatic heterocycles. The number of rotatable bonds is 9. The highest BCUT2D eigenvalue weighted by Gasteiger charge is 2.14. The summed E-state index contributed by atoms with van der Waals surface area (Å²) in [7, 11) is 8.29. The van der Waals surface area contributed by atoms with E-state index in [4.69, 9.17) is 21.1 Å². The van der Waals surface area contributed by atoms with Gasteiger partial charge in [-0.15, -0.1) is 11.6 Å². The van der Waals surface area contributed by atoms with Crippen molar-refractivity contribution in [2.75, 3.05) is 60.5 Å². The predicted octanol–water partition coefficient (Wildman–Crippen LogP) is 1.85. The summed E-state index contributed by atoms with van der Waals surface area (Å²) in [6, 6.07) is 0. The minimum atomic E-state index is 0.308. The molecule has 2 unspecified atom stereocenters. The maximum atomic E-state index is 5.81. The van der Waals surface area contributed by atoms with Gasteiger partial charge in [0.05, 0.1) is 47.5 Å². The third-order valence-electron chi connectivity index (χ3n) is 2.24. The number of ether oxygens (including phenoxy) is 2. The second-order valence-electron chi connectivity index (χ2n) is 5.59. The fourth-order valence-electron chi connectivity index (χ4n) is 1.80. The Kier molecular flexibility index (Phi) is 8.38. The maximum absolute atomic E-state index is 5.81. The lowest BCUT2D eigenvalue weighted by Gasteiger charge is -2.27. The zero-order valence-electron chi connectivity index (χ0n) is 11.3. The molecule has 0 heterocycles. The van der Waals surface area contributed by atoms with Crippen LogP contribution >= 0.6 is 11.6 Å². The molecule has 0 aromatic rings. The molecule has 0 bridgehead atoms. The van der Waals surface area contributed by atoms with Crippen molar-refractivity contribution in [3.63, 3.8) is 0 Å². The Morgan fingerprint density at radius 3 is 2.19 bits per heavy atom. The Labute approximate surface area is 105 Å². The summed E-state index contributed by atoms with van der Waals surface area (Å²) >= 11 is 5.81. The number of hydrogen-bond acceptors (Lipinski definition) is 2. The van der Waals surface area contributed by atoms with Gasteiger partial charge in [-0.25, -0.2) is 0 Å². The molecular weight excluding hydrogens is 226 g/mol. The number of methoxy groups -OCH3 is 1. The van der Waals surface area contributed by atoms with Crippen LogP contribution in [0.25, 0.3) is 0 Å². The maximum Gasteiger partial charge on any atom is 0.0828 e. The molecule has 0 amide bonds. The fraction of sp³-hybridized carbons (Fsp3) is 1.00. The number of halogens is 1. The van der Waals surface area contributed by atoms with Gasteiger partial charge in [-0.1, -0.05) is 6.92 Å². The molecule has 0 radical (unpaired) electrons. The molecule has 0 N–H and O–H groups in total. The van der Waals surface area contributed by atoms with Gasteiger partial charge < -0.3 is 14.0 Å². The van der Waals surface area contributed by atoms with Gasteiger partial charge >= 0.3 is 0 Å². The summed E-state index contributed by atoms with van der Waals surface area (Å²) in [6.45, 7) is 5.50. The molecule has 4 heteroatoms. The summed E-state index contributed by atoms with van der Waals surface area (Å²) in [6.07, 6.45) is 0. The van der Waals surface area contributed by atoms with Crippen LogP contribution in [0.5, 0.6) is 0 Å². The van der Waals surface area contributed by atoms with Crippen LogP contribution in [0.15, 0.2) is 0 Å². The summed E-state index contributed by atoms with van der Waals surface area (Å²) < 4.78 is 11.7. The van der Waals surface area contributed by atoms with Crippen molar-refractivity contribution < 1.29 is 14.0 Å². The first-order chi connectivity index (χ1) is 7.39. The zero-order valence-corrected chi connectivity index (χ0v) is 12.1.